The van der Waals surface area contributed by atoms with Gasteiger partial charge in [-0.25, -0.2) is 14.8 Å². The normalized spacial score (nSPS) is 10.4. The van der Waals surface area contributed by atoms with Crippen molar-refractivity contribution in [3.63, 3.8) is 0 Å². The van der Waals surface area contributed by atoms with E-state index in [2.05, 4.69) is 25.9 Å². The molecule has 0 atom stereocenters. The van der Waals surface area contributed by atoms with Crippen molar-refractivity contribution in [2.24, 2.45) is 0 Å². The Morgan fingerprint density at radius 1 is 0.800 bits per heavy atom. The van der Waals surface area contributed by atoms with Crippen LogP contribution < -0.4 is 16.0 Å². The molecule has 0 saturated heterocycles. The topological polar surface area (TPSA) is 135 Å². The Morgan fingerprint density at radius 2 is 1.47 bits per heavy atom. The molecule has 2 aromatic heterocycles. The summed E-state index contributed by atoms with van der Waals surface area (Å²) >= 11 is 0. The van der Waals surface area contributed by atoms with Gasteiger partial charge in [-0.1, -0.05) is 92.7 Å². The summed E-state index contributed by atoms with van der Waals surface area (Å²) in [6.45, 7) is 4.60. The number of furan rings is 1. The summed E-state index contributed by atoms with van der Waals surface area (Å²) in [5, 5.41) is 20.6. The molecule has 45 heavy (non-hydrogen) atoms. The first kappa shape index (κ1) is 30.4. The van der Waals surface area contributed by atoms with Crippen LogP contribution in [0.5, 0.6) is 0 Å². The van der Waals surface area contributed by atoms with Crippen LogP contribution in [0.1, 0.15) is 19.4 Å². The summed E-state index contributed by atoms with van der Waals surface area (Å²) in [5.74, 6) is 1.42. The van der Waals surface area contributed by atoms with Gasteiger partial charge in [0.05, 0.1) is 10.3 Å². The Hall–Kier alpha value is -6.03. The largest absolute Gasteiger partial charge is 0.437 e. The van der Waals surface area contributed by atoms with Gasteiger partial charge in [0.25, 0.3) is 5.69 Å². The maximum atomic E-state index is 12.4. The maximum absolute atomic E-state index is 12.4. The number of anilines is 3. The number of carbonyl (C=O) groups is 1. The minimum atomic E-state index is -0.511. The first-order valence-corrected chi connectivity index (χ1v) is 14.6. The zero-order valence-electron chi connectivity index (χ0n) is 24.9. The fourth-order valence-electron chi connectivity index (χ4n) is 4.81. The van der Waals surface area contributed by atoms with Crippen molar-refractivity contribution in [3.05, 3.63) is 131 Å². The first-order valence-electron chi connectivity index (χ1n) is 14.6. The van der Waals surface area contributed by atoms with Crippen molar-refractivity contribution in [3.8, 4) is 22.5 Å². The number of hydrogen-bond acceptors (Lipinski definition) is 7. The predicted octanol–water partition coefficient (Wildman–Crippen LogP) is 8.79. The van der Waals surface area contributed by atoms with Gasteiger partial charge < -0.3 is 20.4 Å². The van der Waals surface area contributed by atoms with Gasteiger partial charge >= 0.3 is 6.03 Å². The summed E-state index contributed by atoms with van der Waals surface area (Å²) in [4.78, 5) is 31.8. The number of aromatic nitrogens is 2. The highest BCUT2D eigenvalue weighted by atomic mass is 16.6. The molecule has 6 aromatic rings. The molecule has 6 rings (SSSR count). The number of urea groups is 1. The Labute approximate surface area is 260 Å². The van der Waals surface area contributed by atoms with E-state index in [1.54, 1.807) is 18.2 Å². The summed E-state index contributed by atoms with van der Waals surface area (Å²) in [6.07, 6.45) is 2.20. The zero-order chi connectivity index (χ0) is 31.6. The van der Waals surface area contributed by atoms with Crippen LogP contribution in [-0.2, 0) is 6.42 Å². The number of hydrogen-bond donors (Lipinski definition) is 3. The number of nitrogens with zero attached hydrogens (tertiary/aromatic N) is 3. The smallest absolute Gasteiger partial charge is 0.323 e. The second kappa shape index (κ2) is 14.4. The quantitative estimate of drug-likeness (QED) is 0.111. The molecule has 0 radical (unpaired) electrons. The Morgan fingerprint density at radius 3 is 2.16 bits per heavy atom. The van der Waals surface area contributed by atoms with E-state index in [-0.39, 0.29) is 5.69 Å². The molecule has 0 fully saturated rings. The average Bonchev–Trinajstić information content (AvgIpc) is 3.48. The van der Waals surface area contributed by atoms with Gasteiger partial charge in [0.1, 0.15) is 17.9 Å². The van der Waals surface area contributed by atoms with Gasteiger partial charge in [-0.15, -0.1) is 0 Å². The van der Waals surface area contributed by atoms with Crippen LogP contribution >= 0.6 is 0 Å². The number of nitro benzene ring substituents is 1. The second-order valence-corrected chi connectivity index (χ2v) is 9.70. The molecule has 0 unspecified atom stereocenters. The van der Waals surface area contributed by atoms with Crippen LogP contribution in [-0.4, -0.2) is 27.5 Å². The fourth-order valence-corrected chi connectivity index (χ4v) is 4.81. The molecule has 2 heterocycles. The number of amides is 2. The standard InChI is InChI=1S/C33H26N6O4.C2H6/c40-33(38-26-12-7-13-27(20-26)39(41)42)37-25-16-14-22(15-17-25)18-19-34-31-29-28(23-8-3-1-4-9-23)30(24-10-5-2-6-11-24)43-32(29)36-21-35-31;1-2/h1-17,20-21H,18-19H2,(H,34,35,36)(H2,37,38,40);1-2H3. The van der Waals surface area contributed by atoms with Crippen molar-refractivity contribution in [1.82, 2.24) is 9.97 Å². The molecule has 2 amide bonds. The van der Waals surface area contributed by atoms with Crippen LogP contribution in [0.3, 0.4) is 0 Å². The van der Waals surface area contributed by atoms with Crippen molar-refractivity contribution in [2.45, 2.75) is 20.3 Å². The Kier molecular flexibility index (Phi) is 9.76. The number of fused-ring (bicyclic) bond motifs is 1. The third-order valence-corrected chi connectivity index (χ3v) is 6.82. The van der Waals surface area contributed by atoms with Crippen LogP contribution in [0.25, 0.3) is 33.6 Å². The number of nitro groups is 1. The molecule has 10 heteroatoms. The average molecular weight is 601 g/mol. The lowest BCUT2D eigenvalue weighted by molar-refractivity contribution is -0.384. The molecule has 3 N–H and O–H groups in total. The van der Waals surface area contributed by atoms with Gasteiger partial charge in [-0.2, -0.15) is 0 Å². The molecule has 0 aliphatic rings. The van der Waals surface area contributed by atoms with E-state index in [0.717, 1.165) is 33.4 Å². The molecule has 0 aliphatic heterocycles. The van der Waals surface area contributed by atoms with Crippen molar-refractivity contribution < 1.29 is 14.1 Å². The van der Waals surface area contributed by atoms with Gasteiger partial charge in [0.2, 0.25) is 5.71 Å². The summed E-state index contributed by atoms with van der Waals surface area (Å²) in [7, 11) is 0. The molecule has 0 saturated carbocycles. The molecule has 0 bridgehead atoms. The molecule has 226 valence electrons. The molecule has 0 spiro atoms. The lowest BCUT2D eigenvalue weighted by atomic mass is 9.99. The molecule has 0 aliphatic carbocycles. The highest BCUT2D eigenvalue weighted by Gasteiger charge is 2.21. The minimum Gasteiger partial charge on any atom is -0.437 e. The number of carbonyl (C=O) groups excluding carboxylic acids is 1. The maximum Gasteiger partial charge on any atom is 0.323 e. The summed E-state index contributed by atoms with van der Waals surface area (Å²) in [5.41, 5.74) is 5.29. The lowest BCUT2D eigenvalue weighted by Crippen LogP contribution is -2.19. The van der Waals surface area contributed by atoms with E-state index in [0.29, 0.717) is 35.9 Å². The van der Waals surface area contributed by atoms with E-state index in [9.17, 15) is 14.9 Å². The van der Waals surface area contributed by atoms with Crippen molar-refractivity contribution in [1.29, 1.82) is 0 Å². The highest BCUT2D eigenvalue weighted by molar-refractivity contribution is 6.05. The van der Waals surface area contributed by atoms with E-state index < -0.39 is 11.0 Å². The zero-order valence-corrected chi connectivity index (χ0v) is 24.9. The van der Waals surface area contributed by atoms with E-state index in [4.69, 9.17) is 4.42 Å². The Bertz CT molecular complexity index is 1890. The number of nitrogens with one attached hydrogen (secondary N) is 3. The lowest BCUT2D eigenvalue weighted by Gasteiger charge is -2.10. The van der Waals surface area contributed by atoms with Gasteiger partial charge in [-0.3, -0.25) is 10.1 Å². The van der Waals surface area contributed by atoms with E-state index in [1.807, 2.05) is 86.6 Å². The SMILES string of the molecule is CC.O=C(Nc1ccc(CCNc2ncnc3oc(-c4ccccc4)c(-c4ccccc4)c23)cc1)Nc1cccc([N+](=O)[O-])c1. The summed E-state index contributed by atoms with van der Waals surface area (Å²) < 4.78 is 6.28. The molecule has 4 aromatic carbocycles. The van der Waals surface area contributed by atoms with Crippen molar-refractivity contribution in [2.75, 3.05) is 22.5 Å². The van der Waals surface area contributed by atoms with E-state index >= 15 is 0 Å². The van der Waals surface area contributed by atoms with Gasteiger partial charge in [0, 0.05) is 41.2 Å². The summed E-state index contributed by atoms with van der Waals surface area (Å²) in [6, 6.07) is 32.8. The van der Waals surface area contributed by atoms with Crippen LogP contribution in [0.15, 0.2) is 120 Å². The Balaban J connectivity index is 0.00000196. The van der Waals surface area contributed by atoms with Gasteiger partial charge in [0.15, 0.2) is 0 Å². The number of non-ortho nitro benzene ring substituents is 1. The van der Waals surface area contributed by atoms with Crippen LogP contribution in [0, 0.1) is 10.1 Å². The van der Waals surface area contributed by atoms with E-state index in [1.165, 1.54) is 24.5 Å². The molecular weight excluding hydrogens is 568 g/mol. The highest BCUT2D eigenvalue weighted by Crippen LogP contribution is 2.42. The number of benzene rings is 4. The second-order valence-electron chi connectivity index (χ2n) is 9.70. The van der Waals surface area contributed by atoms with Crippen LogP contribution in [0.4, 0.5) is 27.7 Å². The minimum absolute atomic E-state index is 0.0980. The van der Waals surface area contributed by atoms with Gasteiger partial charge in [-0.05, 0) is 35.7 Å². The first-order chi connectivity index (χ1) is 22.0. The molecular formula is C35H32N6O4. The third-order valence-electron chi connectivity index (χ3n) is 6.82. The van der Waals surface area contributed by atoms with Crippen molar-refractivity contribution >= 4 is 40.0 Å². The monoisotopic (exact) mass is 600 g/mol. The third kappa shape index (κ3) is 7.31. The fraction of sp³-hybridized carbons (Fsp3) is 0.114. The predicted molar refractivity (Wildman–Crippen MR) is 178 cm³/mol. The van der Waals surface area contributed by atoms with Crippen LogP contribution in [0.2, 0.25) is 0 Å². The number of rotatable bonds is 9. The molecule has 10 nitrogen and oxygen atoms in total.